The molecule has 0 aliphatic carbocycles. The van der Waals surface area contributed by atoms with Crippen molar-refractivity contribution in [2.24, 2.45) is 0 Å². The minimum absolute atomic E-state index is 0.344. The molecule has 1 aromatic carbocycles. The Morgan fingerprint density at radius 2 is 1.71 bits per heavy atom. The van der Waals surface area contributed by atoms with E-state index in [9.17, 15) is 4.79 Å². The van der Waals surface area contributed by atoms with Gasteiger partial charge in [-0.15, -0.1) is 0 Å². The molecule has 0 bridgehead atoms. The maximum Gasteiger partial charge on any atom is 0.495 e. The Morgan fingerprint density at radius 3 is 2.19 bits per heavy atom. The lowest BCUT2D eigenvalue weighted by molar-refractivity contribution is 0.00578. The van der Waals surface area contributed by atoms with Crippen LogP contribution in [0.1, 0.15) is 43.6 Å². The Labute approximate surface area is 130 Å². The van der Waals surface area contributed by atoms with Crippen LogP contribution in [0.4, 0.5) is 0 Å². The molecule has 1 aliphatic heterocycles. The van der Waals surface area contributed by atoms with Crippen molar-refractivity contribution in [3.63, 3.8) is 0 Å². The smallest absolute Gasteiger partial charge is 0.465 e. The van der Waals surface area contributed by atoms with E-state index in [1.54, 1.807) is 12.1 Å². The van der Waals surface area contributed by atoms with Gasteiger partial charge in [-0.3, -0.25) is 0 Å². The van der Waals surface area contributed by atoms with E-state index < -0.39 is 24.3 Å². The van der Waals surface area contributed by atoms with Crippen molar-refractivity contribution >= 4 is 30.2 Å². The van der Waals surface area contributed by atoms with Gasteiger partial charge in [0.1, 0.15) is 0 Å². The van der Waals surface area contributed by atoms with Crippen LogP contribution in [0.15, 0.2) is 12.1 Å². The predicted octanol–water partition coefficient (Wildman–Crippen LogP) is 2.73. The Morgan fingerprint density at radius 1 is 1.19 bits per heavy atom. The van der Waals surface area contributed by atoms with E-state index in [1.807, 2.05) is 34.6 Å². The number of ether oxygens (including phenoxy) is 1. The quantitative estimate of drug-likeness (QED) is 0.622. The first-order chi connectivity index (χ1) is 9.60. The van der Waals surface area contributed by atoms with Crippen molar-refractivity contribution in [2.75, 3.05) is 7.11 Å². The molecule has 6 heteroatoms. The average molecular weight is 311 g/mol. The summed E-state index contributed by atoms with van der Waals surface area (Å²) in [6.45, 7) is 9.81. The van der Waals surface area contributed by atoms with Crippen LogP contribution in [-0.2, 0) is 14.0 Å². The van der Waals surface area contributed by atoms with Crippen molar-refractivity contribution < 1.29 is 18.8 Å². The molecule has 0 atom stereocenters. The number of carbonyl (C=O) groups is 1. The van der Waals surface area contributed by atoms with E-state index >= 15 is 0 Å². The second kappa shape index (κ2) is 5.31. The van der Waals surface area contributed by atoms with Crippen LogP contribution in [0.3, 0.4) is 0 Å². The molecule has 1 saturated heterocycles. The van der Waals surface area contributed by atoms with E-state index in [4.69, 9.17) is 25.6 Å². The van der Waals surface area contributed by atoms with Crippen molar-refractivity contribution in [2.45, 2.75) is 45.8 Å². The van der Waals surface area contributed by atoms with Crippen LogP contribution < -0.4 is 5.46 Å². The van der Waals surface area contributed by atoms with Gasteiger partial charge in [-0.05, 0) is 51.7 Å². The van der Waals surface area contributed by atoms with Gasteiger partial charge in [-0.1, -0.05) is 17.7 Å². The average Bonchev–Trinajstić information content (AvgIpc) is 2.60. The molecule has 0 saturated carbocycles. The summed E-state index contributed by atoms with van der Waals surface area (Å²) in [6.07, 6.45) is 0. The Kier molecular flexibility index (Phi) is 4.13. The molecule has 0 unspecified atom stereocenters. The molecule has 1 heterocycles. The Bertz CT molecular complexity index is 567. The van der Waals surface area contributed by atoms with Crippen LogP contribution in [-0.4, -0.2) is 31.4 Å². The second-order valence-electron chi connectivity index (χ2n) is 6.22. The van der Waals surface area contributed by atoms with E-state index in [-0.39, 0.29) is 0 Å². The molecule has 4 nitrogen and oxygen atoms in total. The van der Waals surface area contributed by atoms with Crippen molar-refractivity contribution in [1.29, 1.82) is 0 Å². The fourth-order valence-electron chi connectivity index (χ4n) is 2.19. The maximum atomic E-state index is 11.7. The van der Waals surface area contributed by atoms with Crippen LogP contribution in [0.25, 0.3) is 0 Å². The SMILES string of the molecule is COC(=O)c1ccc(B2OC(C)(C)C(C)(C)O2)c(C)c1Cl. The zero-order valence-electron chi connectivity index (χ0n) is 13.2. The highest BCUT2D eigenvalue weighted by atomic mass is 35.5. The van der Waals surface area contributed by atoms with E-state index in [0.29, 0.717) is 10.6 Å². The van der Waals surface area contributed by atoms with Crippen LogP contribution in [0.5, 0.6) is 0 Å². The van der Waals surface area contributed by atoms with Gasteiger partial charge in [0.25, 0.3) is 0 Å². The maximum absolute atomic E-state index is 11.7. The third-order valence-corrected chi connectivity index (χ3v) is 4.83. The molecule has 21 heavy (non-hydrogen) atoms. The third-order valence-electron chi connectivity index (χ3n) is 4.34. The number of methoxy groups -OCH3 is 1. The molecule has 0 radical (unpaired) electrons. The van der Waals surface area contributed by atoms with Gasteiger partial charge in [0, 0.05) is 0 Å². The first kappa shape index (κ1) is 16.3. The monoisotopic (exact) mass is 310 g/mol. The van der Waals surface area contributed by atoms with Crippen LogP contribution in [0, 0.1) is 6.92 Å². The van der Waals surface area contributed by atoms with Gasteiger partial charge in [-0.25, -0.2) is 4.79 Å². The number of benzene rings is 1. The minimum Gasteiger partial charge on any atom is -0.465 e. The van der Waals surface area contributed by atoms with Gasteiger partial charge >= 0.3 is 13.1 Å². The summed E-state index contributed by atoms with van der Waals surface area (Å²) >= 11 is 6.28. The number of hydrogen-bond acceptors (Lipinski definition) is 4. The molecule has 2 rings (SSSR count). The Balaban J connectivity index is 2.40. The van der Waals surface area contributed by atoms with Gasteiger partial charge < -0.3 is 14.0 Å². The van der Waals surface area contributed by atoms with Gasteiger partial charge in [0.15, 0.2) is 0 Å². The standard InChI is InChI=1S/C15H20BClO4/c1-9-11(8-7-10(12(9)17)13(18)19-6)16-20-14(2,3)15(4,5)21-16/h7-8H,1-6H3. The third kappa shape index (κ3) is 2.70. The van der Waals surface area contributed by atoms with Crippen LogP contribution in [0.2, 0.25) is 5.02 Å². The molecule has 1 fully saturated rings. The lowest BCUT2D eigenvalue weighted by atomic mass is 9.76. The molecule has 0 amide bonds. The number of halogens is 1. The lowest BCUT2D eigenvalue weighted by Crippen LogP contribution is -2.41. The summed E-state index contributed by atoms with van der Waals surface area (Å²) < 4.78 is 16.7. The first-order valence-corrected chi connectivity index (χ1v) is 7.21. The fourth-order valence-corrected chi connectivity index (χ4v) is 2.44. The first-order valence-electron chi connectivity index (χ1n) is 6.83. The Hall–Kier alpha value is -1.04. The van der Waals surface area contributed by atoms with Gasteiger partial charge in [-0.2, -0.15) is 0 Å². The second-order valence-corrected chi connectivity index (χ2v) is 6.60. The topological polar surface area (TPSA) is 44.8 Å². The molecule has 114 valence electrons. The summed E-state index contributed by atoms with van der Waals surface area (Å²) in [5, 5.41) is 0.370. The molecule has 0 aromatic heterocycles. The highest BCUT2D eigenvalue weighted by Crippen LogP contribution is 2.37. The molecule has 1 aliphatic rings. The number of carbonyl (C=O) groups excluding carboxylic acids is 1. The highest BCUT2D eigenvalue weighted by molar-refractivity contribution is 6.63. The fraction of sp³-hybridized carbons (Fsp3) is 0.533. The highest BCUT2D eigenvalue weighted by Gasteiger charge is 2.52. The normalized spacial score (nSPS) is 19.7. The minimum atomic E-state index is -0.501. The number of esters is 1. The predicted molar refractivity (Wildman–Crippen MR) is 83.2 cm³/mol. The molecule has 1 aromatic rings. The molecule has 0 N–H and O–H groups in total. The zero-order chi connectivity index (χ0) is 16.0. The van der Waals surface area contributed by atoms with Crippen molar-refractivity contribution in [3.05, 3.63) is 28.3 Å². The largest absolute Gasteiger partial charge is 0.495 e. The van der Waals surface area contributed by atoms with E-state index in [2.05, 4.69) is 0 Å². The summed E-state index contributed by atoms with van der Waals surface area (Å²) in [4.78, 5) is 11.7. The number of rotatable bonds is 2. The molecule has 0 spiro atoms. The summed E-state index contributed by atoms with van der Waals surface area (Å²) in [7, 11) is 0.829. The van der Waals surface area contributed by atoms with Gasteiger partial charge in [0.2, 0.25) is 0 Å². The van der Waals surface area contributed by atoms with E-state index in [1.165, 1.54) is 7.11 Å². The number of hydrogen-bond donors (Lipinski definition) is 0. The summed E-state index contributed by atoms with van der Waals surface area (Å²) in [5.41, 5.74) is 1.09. The van der Waals surface area contributed by atoms with E-state index in [0.717, 1.165) is 11.0 Å². The lowest BCUT2D eigenvalue weighted by Gasteiger charge is -2.32. The van der Waals surface area contributed by atoms with Crippen molar-refractivity contribution in [1.82, 2.24) is 0 Å². The molecular weight excluding hydrogens is 290 g/mol. The summed E-state index contributed by atoms with van der Waals surface area (Å²) in [6, 6.07) is 3.44. The summed E-state index contributed by atoms with van der Waals surface area (Å²) in [5.74, 6) is -0.455. The zero-order valence-corrected chi connectivity index (χ0v) is 14.0. The van der Waals surface area contributed by atoms with Gasteiger partial charge in [0.05, 0.1) is 28.9 Å². The van der Waals surface area contributed by atoms with Crippen molar-refractivity contribution in [3.8, 4) is 0 Å². The molecular formula is C15H20BClO4. The van der Waals surface area contributed by atoms with Crippen LogP contribution >= 0.6 is 11.6 Å².